The lowest BCUT2D eigenvalue weighted by molar-refractivity contribution is 0.479. The van der Waals surface area contributed by atoms with Crippen LogP contribution in [0, 0.1) is 5.92 Å². The van der Waals surface area contributed by atoms with Crippen molar-refractivity contribution in [3.63, 3.8) is 0 Å². The van der Waals surface area contributed by atoms with Gasteiger partial charge in [-0.1, -0.05) is 45.8 Å². The molecule has 0 aromatic heterocycles. The van der Waals surface area contributed by atoms with E-state index < -0.39 is 0 Å². The average Bonchev–Trinajstić information content (AvgIpc) is 1.94. The van der Waals surface area contributed by atoms with Crippen LogP contribution in [0.25, 0.3) is 0 Å². The molecule has 1 heterocycles. The van der Waals surface area contributed by atoms with E-state index in [9.17, 15) is 0 Å². The second kappa shape index (κ2) is 3.66. The normalized spacial score (nSPS) is 33.2. The Kier molecular flexibility index (Phi) is 3.06. The van der Waals surface area contributed by atoms with Crippen LogP contribution in [0.15, 0.2) is 0 Å². The molecule has 2 radical (unpaired) electrons. The monoisotopic (exact) mass is 149 g/mol. The minimum absolute atomic E-state index is 0.630. The first-order valence-electron chi connectivity index (χ1n) is 4.57. The molecule has 0 N–H and O–H groups in total. The van der Waals surface area contributed by atoms with Crippen molar-refractivity contribution >= 4 is 14.8 Å². The van der Waals surface area contributed by atoms with Gasteiger partial charge >= 0.3 is 0 Å². The fourth-order valence-electron chi connectivity index (χ4n) is 1.36. The lowest BCUT2D eigenvalue weighted by Gasteiger charge is -2.36. The van der Waals surface area contributed by atoms with Gasteiger partial charge in [-0.2, -0.15) is 0 Å². The molecule has 0 spiro atoms. The van der Waals surface area contributed by atoms with Gasteiger partial charge in [-0.15, -0.1) is 0 Å². The molecule has 1 aliphatic rings. The van der Waals surface area contributed by atoms with Gasteiger partial charge in [0.2, 0.25) is 0 Å². The predicted octanol–water partition coefficient (Wildman–Crippen LogP) is 1.81. The molecule has 2 unspecified atom stereocenters. The predicted molar refractivity (Wildman–Crippen MR) is 51.9 cm³/mol. The Morgan fingerprint density at radius 2 is 2.00 bits per heavy atom. The van der Waals surface area contributed by atoms with Crippen LogP contribution in [0.1, 0.15) is 27.7 Å². The van der Waals surface area contributed by atoms with E-state index in [0.717, 1.165) is 11.7 Å². The van der Waals surface area contributed by atoms with Crippen LogP contribution < -0.4 is 0 Å². The van der Waals surface area contributed by atoms with E-state index in [0.29, 0.717) is 6.04 Å². The molecule has 0 aromatic carbocycles. The van der Waals surface area contributed by atoms with Crippen LogP contribution in [-0.2, 0) is 0 Å². The standard InChI is InChI=1S/C8H17B2N/c1-6(2)11-9-5-7(3)8(4)10-11/h6-8H,5H2,1-4H3. The summed E-state index contributed by atoms with van der Waals surface area (Å²) in [5, 5.41) is 0. The maximum atomic E-state index is 2.35. The first-order valence-corrected chi connectivity index (χ1v) is 4.57. The molecule has 1 rings (SSSR count). The fraction of sp³-hybridized carbons (Fsp3) is 1.00. The molecule has 3 heteroatoms. The van der Waals surface area contributed by atoms with Gasteiger partial charge in [0, 0.05) is 0 Å². The lowest BCUT2D eigenvalue weighted by Crippen LogP contribution is -2.44. The van der Waals surface area contributed by atoms with Crippen LogP contribution >= 0.6 is 0 Å². The van der Waals surface area contributed by atoms with E-state index in [1.165, 1.54) is 6.32 Å². The van der Waals surface area contributed by atoms with E-state index in [-0.39, 0.29) is 0 Å². The number of hydrogen-bond donors (Lipinski definition) is 0. The summed E-state index contributed by atoms with van der Waals surface area (Å²) in [6.07, 6.45) is 1.23. The summed E-state index contributed by atoms with van der Waals surface area (Å²) in [6.45, 7) is 9.08. The quantitative estimate of drug-likeness (QED) is 0.513. The first kappa shape index (κ1) is 9.18. The molecule has 1 aliphatic heterocycles. The largest absolute Gasteiger partial charge is 0.391 e. The second-order valence-electron chi connectivity index (χ2n) is 3.94. The van der Waals surface area contributed by atoms with Gasteiger partial charge in [-0.05, 0) is 6.04 Å². The van der Waals surface area contributed by atoms with Gasteiger partial charge in [0.25, 0.3) is 0 Å². The Morgan fingerprint density at radius 1 is 1.36 bits per heavy atom. The molecule has 0 aliphatic carbocycles. The number of rotatable bonds is 1. The summed E-state index contributed by atoms with van der Waals surface area (Å²) in [4.78, 5) is 0. The summed E-state index contributed by atoms with van der Waals surface area (Å²) in [5.41, 5.74) is 0. The maximum absolute atomic E-state index is 2.35. The SMILES string of the molecule is CC1[B]N(C(C)C)[B]CC1C. The lowest BCUT2D eigenvalue weighted by atomic mass is 9.53. The van der Waals surface area contributed by atoms with Gasteiger partial charge in [0.1, 0.15) is 0 Å². The van der Waals surface area contributed by atoms with Gasteiger partial charge in [-0.3, -0.25) is 0 Å². The third-order valence-electron chi connectivity index (χ3n) is 2.59. The Balaban J connectivity index is 2.40. The van der Waals surface area contributed by atoms with Crippen molar-refractivity contribution in [3.8, 4) is 0 Å². The van der Waals surface area contributed by atoms with E-state index >= 15 is 0 Å². The van der Waals surface area contributed by atoms with Gasteiger partial charge < -0.3 is 4.72 Å². The molecule has 60 valence electrons. The van der Waals surface area contributed by atoms with Gasteiger partial charge in [-0.25, -0.2) is 0 Å². The highest BCUT2D eigenvalue weighted by atomic mass is 15.0. The van der Waals surface area contributed by atoms with E-state index in [1.54, 1.807) is 0 Å². The molecule has 1 saturated heterocycles. The topological polar surface area (TPSA) is 3.24 Å². The maximum Gasteiger partial charge on any atom is 0.199 e. The Hall–Kier alpha value is 0.0899. The molecule has 0 aromatic rings. The van der Waals surface area contributed by atoms with Crippen molar-refractivity contribution in [1.82, 2.24) is 4.72 Å². The van der Waals surface area contributed by atoms with E-state index in [4.69, 9.17) is 0 Å². The smallest absolute Gasteiger partial charge is 0.199 e. The first-order chi connectivity index (χ1) is 5.11. The van der Waals surface area contributed by atoms with Crippen molar-refractivity contribution in [2.75, 3.05) is 0 Å². The molecule has 0 amide bonds. The Labute approximate surface area is 72.1 Å². The van der Waals surface area contributed by atoms with Crippen molar-refractivity contribution in [3.05, 3.63) is 0 Å². The molecule has 0 saturated carbocycles. The third kappa shape index (κ3) is 2.26. The van der Waals surface area contributed by atoms with Crippen molar-refractivity contribution < 1.29 is 0 Å². The van der Waals surface area contributed by atoms with Crippen LogP contribution in [0.5, 0.6) is 0 Å². The summed E-state index contributed by atoms with van der Waals surface area (Å²) in [7, 11) is 4.66. The van der Waals surface area contributed by atoms with Crippen LogP contribution in [-0.4, -0.2) is 25.6 Å². The summed E-state index contributed by atoms with van der Waals surface area (Å²) in [5.74, 6) is 1.56. The minimum atomic E-state index is 0.630. The second-order valence-corrected chi connectivity index (χ2v) is 3.94. The highest BCUT2D eigenvalue weighted by Gasteiger charge is 2.25. The summed E-state index contributed by atoms with van der Waals surface area (Å²) >= 11 is 0. The molecule has 1 fully saturated rings. The minimum Gasteiger partial charge on any atom is -0.391 e. The van der Waals surface area contributed by atoms with E-state index in [1.807, 2.05) is 0 Å². The zero-order valence-corrected chi connectivity index (χ0v) is 8.04. The molecular formula is C8H17B2N. The van der Waals surface area contributed by atoms with E-state index in [2.05, 4.69) is 47.2 Å². The molecule has 0 bridgehead atoms. The Bertz CT molecular complexity index is 127. The Morgan fingerprint density at radius 3 is 2.45 bits per heavy atom. The molecule has 1 nitrogen and oxygen atoms in total. The van der Waals surface area contributed by atoms with Crippen LogP contribution in [0.4, 0.5) is 0 Å². The zero-order chi connectivity index (χ0) is 8.43. The van der Waals surface area contributed by atoms with Gasteiger partial charge in [0.05, 0.1) is 0 Å². The van der Waals surface area contributed by atoms with Crippen LogP contribution in [0.2, 0.25) is 12.1 Å². The van der Waals surface area contributed by atoms with Crippen LogP contribution in [0.3, 0.4) is 0 Å². The third-order valence-corrected chi connectivity index (χ3v) is 2.59. The summed E-state index contributed by atoms with van der Waals surface area (Å²) in [6, 6.07) is 0.630. The van der Waals surface area contributed by atoms with Gasteiger partial charge in [0.15, 0.2) is 14.8 Å². The molecule has 2 atom stereocenters. The van der Waals surface area contributed by atoms with Crippen molar-refractivity contribution in [2.45, 2.75) is 45.9 Å². The van der Waals surface area contributed by atoms with Crippen molar-refractivity contribution in [1.29, 1.82) is 0 Å². The molecular weight excluding hydrogens is 132 g/mol. The molecule has 11 heavy (non-hydrogen) atoms. The fourth-order valence-corrected chi connectivity index (χ4v) is 1.36. The highest BCUT2D eigenvalue weighted by Crippen LogP contribution is 2.26. The summed E-state index contributed by atoms with van der Waals surface area (Å²) < 4.78 is 2.34. The average molecular weight is 149 g/mol. The zero-order valence-electron chi connectivity index (χ0n) is 8.04. The number of nitrogens with zero attached hydrogens (tertiary/aromatic N) is 1. The highest BCUT2D eigenvalue weighted by molar-refractivity contribution is 6.53. The van der Waals surface area contributed by atoms with Crippen molar-refractivity contribution in [2.24, 2.45) is 5.92 Å². The number of hydrogen-bond acceptors (Lipinski definition) is 1.